The van der Waals surface area contributed by atoms with E-state index in [-0.39, 0.29) is 12.7 Å². The number of methoxy groups -OCH3 is 1. The van der Waals surface area contributed by atoms with E-state index in [1.54, 1.807) is 24.6 Å². The Morgan fingerprint density at radius 3 is 2.97 bits per heavy atom. The molecule has 2 aromatic heterocycles. The molecule has 8 nitrogen and oxygen atoms in total. The second-order valence-corrected chi connectivity index (χ2v) is 8.08. The van der Waals surface area contributed by atoms with Crippen LogP contribution < -0.4 is 15.2 Å². The van der Waals surface area contributed by atoms with Crippen molar-refractivity contribution < 1.29 is 19.0 Å². The Balaban J connectivity index is 1.58. The molecular weight excluding hydrogens is 404 g/mol. The van der Waals surface area contributed by atoms with Gasteiger partial charge in [-0.2, -0.15) is 0 Å². The third kappa shape index (κ3) is 3.17. The van der Waals surface area contributed by atoms with Gasteiger partial charge in [-0.3, -0.25) is 0 Å². The Kier molecular flexibility index (Phi) is 4.39. The van der Waals surface area contributed by atoms with E-state index in [1.165, 1.54) is 0 Å². The third-order valence-corrected chi connectivity index (χ3v) is 6.13. The van der Waals surface area contributed by atoms with Crippen molar-refractivity contribution >= 4 is 38.7 Å². The number of ether oxygens (including phenoxy) is 3. The molecule has 0 bridgehead atoms. The topological polar surface area (TPSA) is 109 Å². The summed E-state index contributed by atoms with van der Waals surface area (Å²) in [7, 11) is 1.57. The summed E-state index contributed by atoms with van der Waals surface area (Å²) < 4.78 is 17.1. The van der Waals surface area contributed by atoms with Gasteiger partial charge in [0.2, 0.25) is 5.88 Å². The number of rotatable bonds is 4. The lowest BCUT2D eigenvalue weighted by Crippen LogP contribution is -2.25. The van der Waals surface area contributed by atoms with Crippen molar-refractivity contribution in [2.45, 2.75) is 19.4 Å². The minimum atomic E-state index is -0.802. The molecule has 5 rings (SSSR count). The number of thiazole rings is 1. The van der Waals surface area contributed by atoms with Gasteiger partial charge in [0.15, 0.2) is 0 Å². The maximum atomic E-state index is 10.9. The van der Waals surface area contributed by atoms with Crippen molar-refractivity contribution in [2.24, 2.45) is 5.73 Å². The van der Waals surface area contributed by atoms with Gasteiger partial charge in [-0.15, -0.1) is 11.3 Å². The summed E-state index contributed by atoms with van der Waals surface area (Å²) in [4.78, 5) is 24.8. The summed E-state index contributed by atoms with van der Waals surface area (Å²) in [6, 6.07) is 7.90. The second-order valence-electron chi connectivity index (χ2n) is 7.08. The van der Waals surface area contributed by atoms with E-state index in [0.29, 0.717) is 12.3 Å². The molecule has 152 valence electrons. The zero-order valence-electron chi connectivity index (χ0n) is 16.3. The predicted octanol–water partition coefficient (Wildman–Crippen LogP) is 3.62. The van der Waals surface area contributed by atoms with Crippen molar-refractivity contribution in [3.8, 4) is 22.2 Å². The standard InChI is InChI=1S/C21H18N4O4S/c1-10-5-13(18-15(6-10)24-17(27-2)8-23-18)20-25-14-3-4-16-12(19(14)30-20)7-11(29-16)9-28-21(22)26/h3-6,8,11H,7,9H2,1-2H3,(H2,22,26)/t11-/m0/s1. The smallest absolute Gasteiger partial charge is 0.404 e. The third-order valence-electron chi connectivity index (χ3n) is 4.96. The minimum Gasteiger partial charge on any atom is -0.486 e. The van der Waals surface area contributed by atoms with E-state index in [4.69, 9.17) is 24.9 Å². The molecule has 1 aliphatic rings. The quantitative estimate of drug-likeness (QED) is 0.535. The van der Waals surface area contributed by atoms with Crippen LogP contribution in [0.2, 0.25) is 0 Å². The van der Waals surface area contributed by atoms with E-state index in [9.17, 15) is 4.79 Å². The van der Waals surface area contributed by atoms with Crippen molar-refractivity contribution in [3.63, 3.8) is 0 Å². The number of hydrogen-bond acceptors (Lipinski definition) is 8. The highest BCUT2D eigenvalue weighted by Crippen LogP contribution is 2.41. The van der Waals surface area contributed by atoms with Crippen LogP contribution in [0.15, 0.2) is 30.5 Å². The first-order chi connectivity index (χ1) is 14.5. The van der Waals surface area contributed by atoms with E-state index < -0.39 is 6.09 Å². The lowest BCUT2D eigenvalue weighted by Gasteiger charge is -2.09. The molecule has 0 saturated carbocycles. The number of hydrogen-bond donors (Lipinski definition) is 1. The van der Waals surface area contributed by atoms with Crippen LogP contribution in [0.1, 0.15) is 11.1 Å². The number of carbonyl (C=O) groups is 1. The van der Waals surface area contributed by atoms with Gasteiger partial charge in [-0.1, -0.05) is 0 Å². The fourth-order valence-electron chi connectivity index (χ4n) is 3.67. The lowest BCUT2D eigenvalue weighted by molar-refractivity contribution is 0.0989. The van der Waals surface area contributed by atoms with E-state index in [2.05, 4.69) is 16.0 Å². The lowest BCUT2D eigenvalue weighted by atomic mass is 10.1. The number of primary amides is 1. The summed E-state index contributed by atoms with van der Waals surface area (Å²) in [6.07, 6.45) is 1.20. The number of nitrogens with two attached hydrogens (primary N) is 1. The first-order valence-electron chi connectivity index (χ1n) is 9.35. The molecule has 0 fully saturated rings. The van der Waals surface area contributed by atoms with Crippen molar-refractivity contribution in [1.82, 2.24) is 15.0 Å². The summed E-state index contributed by atoms with van der Waals surface area (Å²) in [5.74, 6) is 1.26. The largest absolute Gasteiger partial charge is 0.486 e. The summed E-state index contributed by atoms with van der Waals surface area (Å²) in [5, 5.41) is 0.864. The Morgan fingerprint density at radius 2 is 2.17 bits per heavy atom. The number of amides is 1. The number of carbonyl (C=O) groups excluding carboxylic acids is 1. The van der Waals surface area contributed by atoms with Crippen LogP contribution >= 0.6 is 11.3 Å². The first kappa shape index (κ1) is 18.6. The molecule has 0 unspecified atom stereocenters. The second kappa shape index (κ2) is 7.10. The average molecular weight is 422 g/mol. The number of aryl methyl sites for hydroxylation is 1. The van der Waals surface area contributed by atoms with Crippen LogP contribution in [0.5, 0.6) is 11.6 Å². The molecule has 3 heterocycles. The molecule has 0 radical (unpaired) electrons. The molecule has 9 heteroatoms. The number of nitrogens with zero attached hydrogens (tertiary/aromatic N) is 3. The predicted molar refractivity (Wildman–Crippen MR) is 113 cm³/mol. The molecule has 2 aromatic carbocycles. The van der Waals surface area contributed by atoms with Gasteiger partial charge < -0.3 is 19.9 Å². The monoisotopic (exact) mass is 422 g/mol. The van der Waals surface area contributed by atoms with Crippen LogP contribution in [0, 0.1) is 6.92 Å². The normalized spacial score (nSPS) is 15.2. The molecule has 4 aromatic rings. The van der Waals surface area contributed by atoms with Crippen molar-refractivity contribution in [1.29, 1.82) is 0 Å². The molecule has 0 aliphatic carbocycles. The van der Waals surface area contributed by atoms with Crippen LogP contribution in [0.3, 0.4) is 0 Å². The SMILES string of the molecule is COc1cnc2c(-c3nc4ccc5c(c4s3)C[C@@H](COC(N)=O)O5)cc(C)cc2n1. The highest BCUT2D eigenvalue weighted by Gasteiger charge is 2.27. The average Bonchev–Trinajstić information content (AvgIpc) is 3.34. The van der Waals surface area contributed by atoms with Gasteiger partial charge in [0.05, 0.1) is 34.6 Å². The van der Waals surface area contributed by atoms with Crippen LogP contribution in [-0.2, 0) is 11.2 Å². The maximum Gasteiger partial charge on any atom is 0.404 e. The number of aromatic nitrogens is 3. The van der Waals surface area contributed by atoms with Crippen LogP contribution in [0.25, 0.3) is 31.8 Å². The van der Waals surface area contributed by atoms with E-state index in [1.807, 2.05) is 25.1 Å². The van der Waals surface area contributed by atoms with Gasteiger partial charge in [-0.25, -0.2) is 19.7 Å². The van der Waals surface area contributed by atoms with Gasteiger partial charge >= 0.3 is 6.09 Å². The fraction of sp³-hybridized carbons (Fsp3) is 0.238. The first-order valence-corrected chi connectivity index (χ1v) is 10.2. The fourth-order valence-corrected chi connectivity index (χ4v) is 4.80. The van der Waals surface area contributed by atoms with Gasteiger partial charge in [0.25, 0.3) is 0 Å². The number of benzene rings is 2. The molecule has 0 saturated heterocycles. The molecule has 2 N–H and O–H groups in total. The summed E-state index contributed by atoms with van der Waals surface area (Å²) in [6.45, 7) is 2.14. The Labute approximate surface area is 175 Å². The van der Waals surface area contributed by atoms with Gasteiger partial charge in [0, 0.05) is 17.5 Å². The molecule has 30 heavy (non-hydrogen) atoms. The summed E-state index contributed by atoms with van der Waals surface area (Å²) in [5.41, 5.74) is 10.6. The van der Waals surface area contributed by atoms with E-state index >= 15 is 0 Å². The molecule has 1 atom stereocenters. The van der Waals surface area contributed by atoms with Gasteiger partial charge in [0.1, 0.15) is 23.5 Å². The zero-order valence-corrected chi connectivity index (χ0v) is 17.2. The molecule has 0 spiro atoms. The Bertz CT molecular complexity index is 1300. The van der Waals surface area contributed by atoms with Crippen LogP contribution in [0.4, 0.5) is 4.79 Å². The van der Waals surface area contributed by atoms with Crippen molar-refractivity contribution in [3.05, 3.63) is 41.6 Å². The van der Waals surface area contributed by atoms with Crippen LogP contribution in [-0.4, -0.2) is 40.9 Å². The Morgan fingerprint density at radius 1 is 1.30 bits per heavy atom. The van der Waals surface area contributed by atoms with Gasteiger partial charge in [-0.05, 0) is 36.8 Å². The Hall–Kier alpha value is -3.46. The highest BCUT2D eigenvalue weighted by atomic mass is 32.1. The number of fused-ring (bicyclic) bond motifs is 4. The molecule has 1 amide bonds. The van der Waals surface area contributed by atoms with E-state index in [0.717, 1.165) is 48.7 Å². The minimum absolute atomic E-state index is 0.122. The molecular formula is C21H18N4O4S. The maximum absolute atomic E-state index is 10.9. The molecule has 1 aliphatic heterocycles. The summed E-state index contributed by atoms with van der Waals surface area (Å²) >= 11 is 1.59. The highest BCUT2D eigenvalue weighted by molar-refractivity contribution is 7.22. The zero-order chi connectivity index (χ0) is 20.8. The van der Waals surface area contributed by atoms with Crippen molar-refractivity contribution in [2.75, 3.05) is 13.7 Å².